The van der Waals surface area contributed by atoms with Crippen molar-refractivity contribution in [1.29, 1.82) is 0 Å². The van der Waals surface area contributed by atoms with Gasteiger partial charge in [-0.2, -0.15) is 0 Å². The van der Waals surface area contributed by atoms with E-state index in [9.17, 15) is 13.9 Å². The first-order valence-electron chi connectivity index (χ1n) is 6.90. The molecule has 0 saturated heterocycles. The summed E-state index contributed by atoms with van der Waals surface area (Å²) in [6, 6.07) is 11.3. The summed E-state index contributed by atoms with van der Waals surface area (Å²) in [5.74, 6) is -1.38. The molecule has 0 aliphatic carbocycles. The number of halogens is 2. The van der Waals surface area contributed by atoms with E-state index < -0.39 is 17.7 Å². The third-order valence-corrected chi connectivity index (χ3v) is 3.52. The van der Waals surface area contributed by atoms with Gasteiger partial charge in [0.2, 0.25) is 0 Å². The van der Waals surface area contributed by atoms with E-state index in [4.69, 9.17) is 0 Å². The van der Waals surface area contributed by atoms with Gasteiger partial charge in [0.05, 0.1) is 6.10 Å². The highest BCUT2D eigenvalue weighted by Crippen LogP contribution is 2.19. The minimum absolute atomic E-state index is 0.0313. The Balaban J connectivity index is 1.97. The quantitative estimate of drug-likeness (QED) is 0.881. The Kier molecular flexibility index (Phi) is 5.04. The van der Waals surface area contributed by atoms with Crippen LogP contribution < -0.4 is 5.32 Å². The molecule has 0 radical (unpaired) electrons. The molecule has 0 aliphatic rings. The number of aliphatic hydroxyl groups is 1. The number of aliphatic hydroxyl groups excluding tert-OH is 1. The van der Waals surface area contributed by atoms with Gasteiger partial charge in [0.1, 0.15) is 11.6 Å². The normalized spacial score (nSPS) is 14.0. The smallest absolute Gasteiger partial charge is 0.131 e. The summed E-state index contributed by atoms with van der Waals surface area (Å²) in [4.78, 5) is 0. The lowest BCUT2D eigenvalue weighted by Gasteiger charge is -2.18. The third-order valence-electron chi connectivity index (χ3n) is 3.52. The van der Waals surface area contributed by atoms with Gasteiger partial charge >= 0.3 is 0 Å². The molecule has 1 unspecified atom stereocenters. The topological polar surface area (TPSA) is 32.3 Å². The zero-order chi connectivity index (χ0) is 15.4. The van der Waals surface area contributed by atoms with Crippen molar-refractivity contribution < 1.29 is 13.9 Å². The standard InChI is InChI=1S/C17H19F2NO/c1-11-3-5-13(6-4-11)12(2)20-10-17(21)15-8-7-14(18)9-16(15)19/h3-9,12,17,20-21H,10H2,1-2H3/t12-,17?/m0/s1. The molecule has 0 aliphatic heterocycles. The molecule has 0 amide bonds. The molecule has 0 bridgehead atoms. The molecule has 2 atom stereocenters. The summed E-state index contributed by atoms with van der Waals surface area (Å²) in [7, 11) is 0. The summed E-state index contributed by atoms with van der Waals surface area (Å²) < 4.78 is 26.4. The van der Waals surface area contributed by atoms with E-state index in [1.54, 1.807) is 0 Å². The Morgan fingerprint density at radius 1 is 1.10 bits per heavy atom. The average molecular weight is 291 g/mol. The Bertz CT molecular complexity index is 598. The SMILES string of the molecule is Cc1ccc([C@H](C)NCC(O)c2ccc(F)cc2F)cc1. The Morgan fingerprint density at radius 2 is 1.76 bits per heavy atom. The summed E-state index contributed by atoms with van der Waals surface area (Å²) in [6.07, 6.45) is -1.02. The number of hydrogen-bond donors (Lipinski definition) is 2. The van der Waals surface area contributed by atoms with Gasteiger partial charge in [0, 0.05) is 24.2 Å². The van der Waals surface area contributed by atoms with E-state index in [2.05, 4.69) is 5.32 Å². The molecule has 0 fully saturated rings. The second-order valence-electron chi connectivity index (χ2n) is 5.22. The molecule has 0 heterocycles. The maximum Gasteiger partial charge on any atom is 0.131 e. The van der Waals surface area contributed by atoms with Crippen molar-refractivity contribution in [3.8, 4) is 0 Å². The van der Waals surface area contributed by atoms with E-state index in [0.29, 0.717) is 0 Å². The number of rotatable bonds is 5. The molecule has 21 heavy (non-hydrogen) atoms. The van der Waals surface area contributed by atoms with Crippen LogP contribution in [0.2, 0.25) is 0 Å². The van der Waals surface area contributed by atoms with Crippen molar-refractivity contribution in [3.05, 3.63) is 70.8 Å². The summed E-state index contributed by atoms with van der Waals surface area (Å²) in [5.41, 5.74) is 2.37. The first-order chi connectivity index (χ1) is 9.97. The first kappa shape index (κ1) is 15.6. The van der Waals surface area contributed by atoms with Crippen LogP contribution in [-0.2, 0) is 0 Å². The Labute approximate surface area is 123 Å². The molecular weight excluding hydrogens is 272 g/mol. The van der Waals surface area contributed by atoms with Crippen molar-refractivity contribution in [2.45, 2.75) is 26.0 Å². The van der Waals surface area contributed by atoms with E-state index in [-0.39, 0.29) is 18.2 Å². The zero-order valence-electron chi connectivity index (χ0n) is 12.1. The van der Waals surface area contributed by atoms with Crippen molar-refractivity contribution >= 4 is 0 Å². The van der Waals surface area contributed by atoms with Crippen LogP contribution in [0, 0.1) is 18.6 Å². The number of benzene rings is 2. The lowest BCUT2D eigenvalue weighted by atomic mass is 10.1. The van der Waals surface area contributed by atoms with Crippen LogP contribution in [-0.4, -0.2) is 11.7 Å². The maximum atomic E-state index is 13.6. The second-order valence-corrected chi connectivity index (χ2v) is 5.22. The highest BCUT2D eigenvalue weighted by Gasteiger charge is 2.15. The van der Waals surface area contributed by atoms with Gasteiger partial charge in [-0.1, -0.05) is 35.9 Å². The summed E-state index contributed by atoms with van der Waals surface area (Å²) >= 11 is 0. The van der Waals surface area contributed by atoms with Gasteiger partial charge < -0.3 is 10.4 Å². The molecule has 0 aromatic heterocycles. The predicted molar refractivity (Wildman–Crippen MR) is 78.9 cm³/mol. The van der Waals surface area contributed by atoms with Crippen LogP contribution >= 0.6 is 0 Å². The van der Waals surface area contributed by atoms with Crippen LogP contribution in [0.25, 0.3) is 0 Å². The van der Waals surface area contributed by atoms with E-state index in [1.807, 2.05) is 38.1 Å². The molecule has 2 aromatic rings. The Hall–Kier alpha value is -1.78. The van der Waals surface area contributed by atoms with Gasteiger partial charge in [-0.05, 0) is 25.5 Å². The number of hydrogen-bond acceptors (Lipinski definition) is 2. The van der Waals surface area contributed by atoms with Crippen LogP contribution in [0.3, 0.4) is 0 Å². The average Bonchev–Trinajstić information content (AvgIpc) is 2.45. The molecule has 4 heteroatoms. The maximum absolute atomic E-state index is 13.6. The first-order valence-corrected chi connectivity index (χ1v) is 6.90. The zero-order valence-corrected chi connectivity index (χ0v) is 12.1. The van der Waals surface area contributed by atoms with Gasteiger partial charge in [-0.3, -0.25) is 0 Å². The van der Waals surface area contributed by atoms with E-state index >= 15 is 0 Å². The van der Waals surface area contributed by atoms with Crippen LogP contribution in [0.4, 0.5) is 8.78 Å². The van der Waals surface area contributed by atoms with Gasteiger partial charge in [-0.15, -0.1) is 0 Å². The minimum Gasteiger partial charge on any atom is -0.387 e. The fraction of sp³-hybridized carbons (Fsp3) is 0.294. The molecule has 0 saturated carbocycles. The fourth-order valence-electron chi connectivity index (χ4n) is 2.14. The summed E-state index contributed by atoms with van der Waals surface area (Å²) in [5, 5.41) is 13.2. The van der Waals surface area contributed by atoms with Crippen LogP contribution in [0.1, 0.15) is 35.8 Å². The molecule has 2 aromatic carbocycles. The molecule has 2 N–H and O–H groups in total. The van der Waals surface area contributed by atoms with Crippen molar-refractivity contribution in [1.82, 2.24) is 5.32 Å². The summed E-state index contributed by atoms with van der Waals surface area (Å²) in [6.45, 7) is 4.18. The monoisotopic (exact) mass is 291 g/mol. The van der Waals surface area contributed by atoms with Crippen molar-refractivity contribution in [3.63, 3.8) is 0 Å². The van der Waals surface area contributed by atoms with Crippen LogP contribution in [0.15, 0.2) is 42.5 Å². The minimum atomic E-state index is -1.02. The number of aryl methyl sites for hydroxylation is 1. The van der Waals surface area contributed by atoms with Gasteiger partial charge in [0.25, 0.3) is 0 Å². The lowest BCUT2D eigenvalue weighted by Crippen LogP contribution is -2.25. The highest BCUT2D eigenvalue weighted by molar-refractivity contribution is 5.24. The van der Waals surface area contributed by atoms with Gasteiger partial charge in [0.15, 0.2) is 0 Å². The largest absolute Gasteiger partial charge is 0.387 e. The van der Waals surface area contributed by atoms with E-state index in [0.717, 1.165) is 17.7 Å². The second kappa shape index (κ2) is 6.78. The molecule has 2 rings (SSSR count). The van der Waals surface area contributed by atoms with E-state index in [1.165, 1.54) is 11.6 Å². The number of nitrogens with one attached hydrogen (secondary N) is 1. The van der Waals surface area contributed by atoms with Crippen LogP contribution in [0.5, 0.6) is 0 Å². The van der Waals surface area contributed by atoms with Gasteiger partial charge in [-0.25, -0.2) is 8.78 Å². The third kappa shape index (κ3) is 4.09. The lowest BCUT2D eigenvalue weighted by molar-refractivity contribution is 0.166. The van der Waals surface area contributed by atoms with Crippen molar-refractivity contribution in [2.75, 3.05) is 6.54 Å². The molecule has 2 nitrogen and oxygen atoms in total. The molecular formula is C17H19F2NO. The Morgan fingerprint density at radius 3 is 2.38 bits per heavy atom. The molecule has 0 spiro atoms. The molecule has 112 valence electrons. The predicted octanol–water partition coefficient (Wildman–Crippen LogP) is 3.66. The van der Waals surface area contributed by atoms with Crippen molar-refractivity contribution in [2.24, 2.45) is 0 Å². The highest BCUT2D eigenvalue weighted by atomic mass is 19.1. The fourth-order valence-corrected chi connectivity index (χ4v) is 2.14.